The van der Waals surface area contributed by atoms with Gasteiger partial charge in [-0.3, -0.25) is 10.1 Å². The molecule has 7 nitrogen and oxygen atoms in total. The SMILES string of the molecule is CCCc1nnc(NC(=O)C(Cc2ccccc2)NC(=O)OCc2ccccc2)s1. The Morgan fingerprint density at radius 1 is 1.00 bits per heavy atom. The van der Waals surface area contributed by atoms with E-state index in [1.807, 2.05) is 60.7 Å². The highest BCUT2D eigenvalue weighted by Crippen LogP contribution is 2.17. The molecule has 3 aromatic rings. The third kappa shape index (κ3) is 6.66. The van der Waals surface area contributed by atoms with E-state index < -0.39 is 12.1 Å². The summed E-state index contributed by atoms with van der Waals surface area (Å²) in [5.74, 6) is -0.366. The number of anilines is 1. The third-order valence-electron chi connectivity index (χ3n) is 4.26. The third-order valence-corrected chi connectivity index (χ3v) is 5.16. The van der Waals surface area contributed by atoms with Crippen LogP contribution in [0.2, 0.25) is 0 Å². The minimum atomic E-state index is -0.811. The molecule has 0 aliphatic rings. The number of nitrogens with zero attached hydrogens (tertiary/aromatic N) is 2. The summed E-state index contributed by atoms with van der Waals surface area (Å²) in [6, 6.07) is 18.0. The summed E-state index contributed by atoms with van der Waals surface area (Å²) >= 11 is 1.34. The first kappa shape index (κ1) is 21.4. The van der Waals surface area contributed by atoms with Gasteiger partial charge in [-0.1, -0.05) is 78.9 Å². The molecule has 156 valence electrons. The summed E-state index contributed by atoms with van der Waals surface area (Å²) in [7, 11) is 0. The summed E-state index contributed by atoms with van der Waals surface area (Å²) in [5, 5.41) is 14.8. The van der Waals surface area contributed by atoms with Gasteiger partial charge in [-0.2, -0.15) is 0 Å². The number of hydrogen-bond acceptors (Lipinski definition) is 6. The van der Waals surface area contributed by atoms with Gasteiger partial charge < -0.3 is 10.1 Å². The molecule has 0 saturated carbocycles. The van der Waals surface area contributed by atoms with Crippen LogP contribution in [0.5, 0.6) is 0 Å². The zero-order chi connectivity index (χ0) is 21.2. The number of hydrogen-bond donors (Lipinski definition) is 2. The maximum atomic E-state index is 12.9. The van der Waals surface area contributed by atoms with Crippen molar-refractivity contribution in [2.24, 2.45) is 0 Å². The molecule has 0 aliphatic heterocycles. The molecule has 30 heavy (non-hydrogen) atoms. The molecule has 0 radical (unpaired) electrons. The smallest absolute Gasteiger partial charge is 0.408 e. The molecule has 0 bridgehead atoms. The molecule has 0 spiro atoms. The molecule has 2 aromatic carbocycles. The molecule has 3 rings (SSSR count). The summed E-state index contributed by atoms with van der Waals surface area (Å²) < 4.78 is 5.28. The van der Waals surface area contributed by atoms with Crippen molar-refractivity contribution >= 4 is 28.5 Å². The summed E-state index contributed by atoms with van der Waals surface area (Å²) in [6.45, 7) is 2.18. The number of carbonyl (C=O) groups excluding carboxylic acids is 2. The molecule has 1 unspecified atom stereocenters. The van der Waals surface area contributed by atoms with Gasteiger partial charge in [0.1, 0.15) is 17.7 Å². The Bertz CT molecular complexity index is 947. The van der Waals surface area contributed by atoms with E-state index in [1.54, 1.807) is 0 Å². The van der Waals surface area contributed by atoms with E-state index in [4.69, 9.17) is 4.74 Å². The Kier molecular flexibility index (Phi) is 7.91. The number of aryl methyl sites for hydroxylation is 1. The minimum Gasteiger partial charge on any atom is -0.445 e. The van der Waals surface area contributed by atoms with E-state index in [-0.39, 0.29) is 12.5 Å². The lowest BCUT2D eigenvalue weighted by Crippen LogP contribution is -2.45. The van der Waals surface area contributed by atoms with Crippen LogP contribution in [0.1, 0.15) is 29.5 Å². The highest BCUT2D eigenvalue weighted by Gasteiger charge is 2.23. The fourth-order valence-corrected chi connectivity index (χ4v) is 3.62. The van der Waals surface area contributed by atoms with Gasteiger partial charge in [0.25, 0.3) is 0 Å². The largest absolute Gasteiger partial charge is 0.445 e. The predicted molar refractivity (Wildman–Crippen MR) is 116 cm³/mol. The van der Waals surface area contributed by atoms with Crippen LogP contribution in [0, 0.1) is 0 Å². The van der Waals surface area contributed by atoms with Crippen molar-refractivity contribution in [2.45, 2.75) is 38.8 Å². The van der Waals surface area contributed by atoms with E-state index in [0.29, 0.717) is 11.6 Å². The lowest BCUT2D eigenvalue weighted by atomic mass is 10.1. The number of ether oxygens (including phenoxy) is 1. The summed E-state index contributed by atoms with van der Waals surface area (Å²) in [5.41, 5.74) is 1.79. The standard InChI is InChI=1S/C22H24N4O3S/c1-2-9-19-25-26-21(30-19)24-20(27)18(14-16-10-5-3-6-11-16)23-22(28)29-15-17-12-7-4-8-13-17/h3-8,10-13,18H,2,9,14-15H2,1H3,(H,23,28)(H,24,26,27). The van der Waals surface area contributed by atoms with Gasteiger partial charge in [-0.25, -0.2) is 4.79 Å². The highest BCUT2D eigenvalue weighted by molar-refractivity contribution is 7.15. The van der Waals surface area contributed by atoms with E-state index in [0.717, 1.165) is 29.0 Å². The fourth-order valence-electron chi connectivity index (χ4n) is 2.78. The van der Waals surface area contributed by atoms with Crippen LogP contribution in [0.25, 0.3) is 0 Å². The minimum absolute atomic E-state index is 0.128. The normalized spacial score (nSPS) is 11.5. The number of aromatic nitrogens is 2. The van der Waals surface area contributed by atoms with Gasteiger partial charge in [-0.15, -0.1) is 10.2 Å². The molecular formula is C22H24N4O3S. The number of rotatable bonds is 9. The summed E-state index contributed by atoms with van der Waals surface area (Å²) in [4.78, 5) is 25.2. The average molecular weight is 425 g/mol. The molecule has 0 fully saturated rings. The number of amides is 2. The van der Waals surface area contributed by atoms with Crippen LogP contribution in [0.15, 0.2) is 60.7 Å². The van der Waals surface area contributed by atoms with Gasteiger partial charge in [-0.05, 0) is 17.5 Å². The Labute approximate surface area is 179 Å². The molecule has 1 heterocycles. The quantitative estimate of drug-likeness (QED) is 0.542. The van der Waals surface area contributed by atoms with Gasteiger partial charge in [0.05, 0.1) is 0 Å². The van der Waals surface area contributed by atoms with E-state index in [1.165, 1.54) is 11.3 Å². The van der Waals surface area contributed by atoms with Crippen molar-refractivity contribution in [2.75, 3.05) is 5.32 Å². The number of benzene rings is 2. The van der Waals surface area contributed by atoms with E-state index in [9.17, 15) is 9.59 Å². The second-order valence-corrected chi connectivity index (χ2v) is 7.75. The zero-order valence-corrected chi connectivity index (χ0v) is 17.5. The molecule has 8 heteroatoms. The van der Waals surface area contributed by atoms with E-state index in [2.05, 4.69) is 27.8 Å². The molecule has 0 saturated heterocycles. The van der Waals surface area contributed by atoms with Gasteiger partial charge >= 0.3 is 6.09 Å². The van der Waals surface area contributed by atoms with Crippen molar-refractivity contribution in [1.29, 1.82) is 0 Å². The van der Waals surface area contributed by atoms with Crippen molar-refractivity contribution < 1.29 is 14.3 Å². The van der Waals surface area contributed by atoms with Crippen molar-refractivity contribution in [1.82, 2.24) is 15.5 Å². The summed E-state index contributed by atoms with van der Waals surface area (Å²) in [6.07, 6.45) is 1.44. The first-order valence-electron chi connectivity index (χ1n) is 9.78. The fraction of sp³-hybridized carbons (Fsp3) is 0.273. The Morgan fingerprint density at radius 3 is 2.33 bits per heavy atom. The number of carbonyl (C=O) groups is 2. The maximum Gasteiger partial charge on any atom is 0.408 e. The lowest BCUT2D eigenvalue weighted by Gasteiger charge is -2.17. The number of nitrogens with one attached hydrogen (secondary N) is 2. The molecule has 1 atom stereocenters. The van der Waals surface area contributed by atoms with Gasteiger partial charge in [0, 0.05) is 12.8 Å². The van der Waals surface area contributed by atoms with Crippen LogP contribution in [-0.2, 0) is 29.0 Å². The highest BCUT2D eigenvalue weighted by atomic mass is 32.1. The zero-order valence-electron chi connectivity index (χ0n) is 16.7. The average Bonchev–Trinajstić information content (AvgIpc) is 3.20. The van der Waals surface area contributed by atoms with Crippen LogP contribution in [0.4, 0.5) is 9.93 Å². The number of alkyl carbamates (subject to hydrolysis) is 1. The second kappa shape index (κ2) is 11.1. The van der Waals surface area contributed by atoms with Crippen LogP contribution in [-0.4, -0.2) is 28.2 Å². The maximum absolute atomic E-state index is 12.9. The van der Waals surface area contributed by atoms with Crippen molar-refractivity contribution in [3.05, 3.63) is 76.8 Å². The van der Waals surface area contributed by atoms with Gasteiger partial charge in [0.2, 0.25) is 11.0 Å². The molecule has 2 amide bonds. The van der Waals surface area contributed by atoms with Crippen LogP contribution < -0.4 is 10.6 Å². The van der Waals surface area contributed by atoms with Crippen molar-refractivity contribution in [3.8, 4) is 0 Å². The Balaban J connectivity index is 1.64. The molecular weight excluding hydrogens is 400 g/mol. The van der Waals surface area contributed by atoms with Crippen LogP contribution in [0.3, 0.4) is 0 Å². The molecule has 2 N–H and O–H groups in total. The predicted octanol–water partition coefficient (Wildman–Crippen LogP) is 3.97. The van der Waals surface area contributed by atoms with Crippen molar-refractivity contribution in [3.63, 3.8) is 0 Å². The Morgan fingerprint density at radius 2 is 1.67 bits per heavy atom. The topological polar surface area (TPSA) is 93.2 Å². The first-order chi connectivity index (χ1) is 14.6. The lowest BCUT2D eigenvalue weighted by molar-refractivity contribution is -0.118. The van der Waals surface area contributed by atoms with Gasteiger partial charge in [0.15, 0.2) is 0 Å². The second-order valence-electron chi connectivity index (χ2n) is 6.69. The Hall–Kier alpha value is -3.26. The monoisotopic (exact) mass is 424 g/mol. The van der Waals surface area contributed by atoms with E-state index >= 15 is 0 Å². The first-order valence-corrected chi connectivity index (χ1v) is 10.6. The molecule has 1 aromatic heterocycles. The van der Waals surface area contributed by atoms with Crippen LogP contribution >= 0.6 is 11.3 Å². The molecule has 0 aliphatic carbocycles.